The Morgan fingerprint density at radius 2 is 1.64 bits per heavy atom. The zero-order chi connectivity index (χ0) is 23.2. The zero-order valence-electron chi connectivity index (χ0n) is 18.5. The number of benzene rings is 3. The zero-order valence-corrected chi connectivity index (χ0v) is 18.5. The van der Waals surface area contributed by atoms with Gasteiger partial charge >= 0.3 is 5.97 Å². The molecule has 3 aromatic carbocycles. The predicted octanol–water partition coefficient (Wildman–Crippen LogP) is 4.95. The third-order valence-corrected chi connectivity index (χ3v) is 6.36. The van der Waals surface area contributed by atoms with E-state index in [2.05, 4.69) is 0 Å². The lowest BCUT2D eigenvalue weighted by Gasteiger charge is -2.31. The summed E-state index contributed by atoms with van der Waals surface area (Å²) in [5.41, 5.74) is 1.35. The van der Waals surface area contributed by atoms with Crippen LogP contribution in [0.3, 0.4) is 0 Å². The van der Waals surface area contributed by atoms with Gasteiger partial charge in [-0.25, -0.2) is 9.18 Å². The number of hydrogen-bond acceptors (Lipinski definition) is 4. The lowest BCUT2D eigenvalue weighted by atomic mass is 9.91. The van der Waals surface area contributed by atoms with Crippen molar-refractivity contribution in [3.8, 4) is 16.9 Å². The molecule has 0 radical (unpaired) electrons. The number of halogens is 1. The van der Waals surface area contributed by atoms with E-state index in [1.165, 1.54) is 12.1 Å². The number of carbonyl (C=O) groups is 2. The molecule has 0 aliphatic carbocycles. The van der Waals surface area contributed by atoms with Crippen LogP contribution in [0.5, 0.6) is 5.75 Å². The van der Waals surface area contributed by atoms with Crippen LogP contribution in [0.25, 0.3) is 11.1 Å². The van der Waals surface area contributed by atoms with Crippen LogP contribution in [-0.4, -0.2) is 35.5 Å². The van der Waals surface area contributed by atoms with Gasteiger partial charge in [-0.2, -0.15) is 0 Å². The molecule has 1 saturated heterocycles. The molecule has 1 fully saturated rings. The van der Waals surface area contributed by atoms with Gasteiger partial charge in [-0.1, -0.05) is 42.5 Å². The minimum absolute atomic E-state index is 0.164. The fourth-order valence-electron chi connectivity index (χ4n) is 4.68. The number of amides is 1. The Labute approximate surface area is 191 Å². The monoisotopic (exact) mass is 445 g/mol. The van der Waals surface area contributed by atoms with Gasteiger partial charge in [0, 0.05) is 18.5 Å². The molecule has 0 unspecified atom stereocenters. The number of nitrogens with zero attached hydrogens (tertiary/aromatic N) is 1. The molecular formula is C27H24FNO4. The molecule has 6 heteroatoms. The molecule has 2 aliphatic rings. The van der Waals surface area contributed by atoms with Crippen molar-refractivity contribution in [2.45, 2.75) is 31.5 Å². The van der Waals surface area contributed by atoms with Crippen molar-refractivity contribution in [3.05, 3.63) is 89.7 Å². The third-order valence-electron chi connectivity index (χ3n) is 6.36. The molecule has 168 valence electrons. The van der Waals surface area contributed by atoms with Gasteiger partial charge in [0.05, 0.1) is 12.1 Å². The maximum atomic E-state index is 13.4. The largest absolute Gasteiger partial charge is 0.478 e. The van der Waals surface area contributed by atoms with E-state index >= 15 is 0 Å². The number of ether oxygens (including phenoxy) is 2. The molecule has 2 aliphatic heterocycles. The predicted molar refractivity (Wildman–Crippen MR) is 121 cm³/mol. The van der Waals surface area contributed by atoms with E-state index in [-0.39, 0.29) is 17.7 Å². The number of esters is 1. The van der Waals surface area contributed by atoms with Gasteiger partial charge in [-0.05, 0) is 55.3 Å². The van der Waals surface area contributed by atoms with Gasteiger partial charge in [-0.3, -0.25) is 4.79 Å². The summed E-state index contributed by atoms with van der Waals surface area (Å²) in [6, 6.07) is 21.0. The summed E-state index contributed by atoms with van der Waals surface area (Å²) in [5.74, 6) is -0.219. The maximum Gasteiger partial charge on any atom is 0.339 e. The lowest BCUT2D eigenvalue weighted by Crippen LogP contribution is -2.49. The minimum Gasteiger partial charge on any atom is -0.478 e. The van der Waals surface area contributed by atoms with Gasteiger partial charge in [0.1, 0.15) is 11.6 Å². The van der Waals surface area contributed by atoms with Gasteiger partial charge in [0.15, 0.2) is 11.2 Å². The van der Waals surface area contributed by atoms with Crippen molar-refractivity contribution < 1.29 is 23.5 Å². The molecule has 2 heterocycles. The van der Waals surface area contributed by atoms with Crippen LogP contribution in [0, 0.1) is 5.82 Å². The summed E-state index contributed by atoms with van der Waals surface area (Å²) in [5, 5.41) is 0. The Bertz CT molecular complexity index is 1220. The second-order valence-corrected chi connectivity index (χ2v) is 9.05. The van der Waals surface area contributed by atoms with Crippen molar-refractivity contribution in [2.75, 3.05) is 13.1 Å². The number of hydrogen-bond donors (Lipinski definition) is 0. The molecule has 3 aromatic rings. The molecule has 1 amide bonds. The highest BCUT2D eigenvalue weighted by Gasteiger charge is 2.52. The first-order valence-electron chi connectivity index (χ1n) is 10.9. The Morgan fingerprint density at radius 1 is 1.00 bits per heavy atom. The van der Waals surface area contributed by atoms with E-state index in [0.29, 0.717) is 30.8 Å². The van der Waals surface area contributed by atoms with Crippen LogP contribution in [0.2, 0.25) is 0 Å². The van der Waals surface area contributed by atoms with Crippen molar-refractivity contribution in [1.82, 2.24) is 4.90 Å². The summed E-state index contributed by atoms with van der Waals surface area (Å²) in [4.78, 5) is 27.4. The summed E-state index contributed by atoms with van der Waals surface area (Å²) < 4.78 is 25.0. The average Bonchev–Trinajstić information content (AvgIpc) is 3.35. The molecule has 5 nitrogen and oxygen atoms in total. The molecule has 0 saturated carbocycles. The van der Waals surface area contributed by atoms with Crippen LogP contribution < -0.4 is 4.74 Å². The highest BCUT2D eigenvalue weighted by Crippen LogP contribution is 2.43. The Balaban J connectivity index is 1.29. The Kier molecular flexibility index (Phi) is 4.96. The second-order valence-electron chi connectivity index (χ2n) is 9.05. The van der Waals surface area contributed by atoms with Gasteiger partial charge in [0.2, 0.25) is 0 Å². The summed E-state index contributed by atoms with van der Waals surface area (Å²) in [6.07, 6.45) is 0.559. The summed E-state index contributed by atoms with van der Waals surface area (Å²) in [6.45, 7) is 4.27. The van der Waals surface area contributed by atoms with Crippen molar-refractivity contribution in [1.29, 1.82) is 0 Å². The van der Waals surface area contributed by atoms with Crippen LogP contribution >= 0.6 is 0 Å². The van der Waals surface area contributed by atoms with Crippen molar-refractivity contribution in [2.24, 2.45) is 0 Å². The lowest BCUT2D eigenvalue weighted by molar-refractivity contribution is -0.145. The number of likely N-dealkylation sites (tertiary alicyclic amines) is 1. The van der Waals surface area contributed by atoms with E-state index in [4.69, 9.17) is 9.47 Å². The standard InChI is InChI=1S/C27H24FNO4/c1-26(2,32-21-13-9-19(10-14-21)18-7-11-20(28)12-8-18)25(31)29-16-15-27(17-29)23-6-4-3-5-22(23)24(30)33-27/h3-14H,15-17H2,1-2H3/t27-/m0/s1. The van der Waals surface area contributed by atoms with E-state index in [9.17, 15) is 14.0 Å². The second kappa shape index (κ2) is 7.73. The molecule has 1 atom stereocenters. The highest BCUT2D eigenvalue weighted by molar-refractivity contribution is 5.95. The normalized spacial score (nSPS) is 19.5. The topological polar surface area (TPSA) is 55.8 Å². The number of rotatable bonds is 4. The van der Waals surface area contributed by atoms with Crippen LogP contribution in [0.15, 0.2) is 72.8 Å². The molecule has 1 spiro atoms. The van der Waals surface area contributed by atoms with Gasteiger partial charge in [-0.15, -0.1) is 0 Å². The maximum absolute atomic E-state index is 13.4. The van der Waals surface area contributed by atoms with E-state index in [1.54, 1.807) is 49.1 Å². The fourth-order valence-corrected chi connectivity index (χ4v) is 4.68. The van der Waals surface area contributed by atoms with E-state index in [0.717, 1.165) is 16.7 Å². The Morgan fingerprint density at radius 3 is 2.33 bits per heavy atom. The van der Waals surface area contributed by atoms with Crippen molar-refractivity contribution in [3.63, 3.8) is 0 Å². The van der Waals surface area contributed by atoms with Gasteiger partial charge < -0.3 is 14.4 Å². The first-order chi connectivity index (χ1) is 15.8. The smallest absolute Gasteiger partial charge is 0.339 e. The minimum atomic E-state index is -1.11. The molecule has 5 rings (SSSR count). The van der Waals surface area contributed by atoms with Crippen LogP contribution in [-0.2, 0) is 15.1 Å². The molecular weight excluding hydrogens is 421 g/mol. The van der Waals surface area contributed by atoms with Gasteiger partial charge in [0.25, 0.3) is 5.91 Å². The third kappa shape index (κ3) is 3.75. The molecule has 0 N–H and O–H groups in total. The number of carbonyl (C=O) groups excluding carboxylic acids is 2. The SMILES string of the molecule is CC(C)(Oc1ccc(-c2ccc(F)cc2)cc1)C(=O)N1CC[C@@]2(C1)OC(=O)c1ccccc12. The first kappa shape index (κ1) is 21.2. The summed E-state index contributed by atoms with van der Waals surface area (Å²) >= 11 is 0. The average molecular weight is 445 g/mol. The first-order valence-corrected chi connectivity index (χ1v) is 10.9. The molecule has 0 bridgehead atoms. The van der Waals surface area contributed by atoms with E-state index < -0.39 is 11.2 Å². The van der Waals surface area contributed by atoms with Crippen molar-refractivity contribution >= 4 is 11.9 Å². The quantitative estimate of drug-likeness (QED) is 0.534. The van der Waals surface area contributed by atoms with Crippen LogP contribution in [0.4, 0.5) is 4.39 Å². The molecule has 33 heavy (non-hydrogen) atoms. The Hall–Kier alpha value is -3.67. The summed E-state index contributed by atoms with van der Waals surface area (Å²) in [7, 11) is 0. The van der Waals surface area contributed by atoms with E-state index in [1.807, 2.05) is 30.3 Å². The number of fused-ring (bicyclic) bond motifs is 2. The fraction of sp³-hybridized carbons (Fsp3) is 0.259. The molecule has 0 aromatic heterocycles. The highest BCUT2D eigenvalue weighted by atomic mass is 19.1. The van der Waals surface area contributed by atoms with Crippen LogP contribution in [0.1, 0.15) is 36.2 Å².